The van der Waals surface area contributed by atoms with E-state index in [2.05, 4.69) is 15.0 Å². The van der Waals surface area contributed by atoms with E-state index in [1.807, 2.05) is 30.3 Å². The van der Waals surface area contributed by atoms with Gasteiger partial charge in [-0.05, 0) is 18.4 Å². The zero-order valence-corrected chi connectivity index (χ0v) is 14.9. The third-order valence-corrected chi connectivity index (χ3v) is 4.86. The highest BCUT2D eigenvalue weighted by Gasteiger charge is 2.35. The molecule has 1 amide bonds. The van der Waals surface area contributed by atoms with Crippen molar-refractivity contribution in [1.82, 2.24) is 19.9 Å². The summed E-state index contributed by atoms with van der Waals surface area (Å²) in [5, 5.41) is 10.0. The normalized spacial score (nSPS) is 14.9. The van der Waals surface area contributed by atoms with Crippen LogP contribution in [0, 0.1) is 0 Å². The van der Waals surface area contributed by atoms with E-state index in [9.17, 15) is 9.90 Å². The second-order valence-electron chi connectivity index (χ2n) is 6.88. The number of benzene rings is 1. The number of hydrogen-bond acceptors (Lipinski definition) is 5. The van der Waals surface area contributed by atoms with Crippen LogP contribution in [0.3, 0.4) is 0 Å². The minimum Gasteiger partial charge on any atom is -0.447 e. The summed E-state index contributed by atoms with van der Waals surface area (Å²) in [6.07, 6.45) is 7.16. The molecule has 1 unspecified atom stereocenters. The lowest BCUT2D eigenvalue weighted by molar-refractivity contribution is 0.0561. The molecule has 7 nitrogen and oxygen atoms in total. The van der Waals surface area contributed by atoms with Gasteiger partial charge in [-0.15, -0.1) is 0 Å². The zero-order valence-electron chi connectivity index (χ0n) is 14.9. The Morgan fingerprint density at radius 2 is 2.15 bits per heavy atom. The molecule has 1 atom stereocenters. The fraction of sp³-hybridized carbons (Fsp3) is 0.350. The molecule has 140 valence electrons. The van der Waals surface area contributed by atoms with Gasteiger partial charge in [0.2, 0.25) is 0 Å². The molecule has 1 saturated carbocycles. The van der Waals surface area contributed by atoms with Crippen LogP contribution in [0.4, 0.5) is 0 Å². The molecule has 0 saturated heterocycles. The molecule has 4 rings (SSSR count). The highest BCUT2D eigenvalue weighted by Crippen LogP contribution is 2.41. The van der Waals surface area contributed by atoms with Crippen LogP contribution in [-0.2, 0) is 13.0 Å². The van der Waals surface area contributed by atoms with Crippen LogP contribution in [0.1, 0.15) is 46.3 Å². The summed E-state index contributed by atoms with van der Waals surface area (Å²) < 4.78 is 5.49. The SMILES string of the molecule is O=C(c1ncoc1C1CC1)N(Cc1ccccc1)C(CO)Cc1cnc[nH]1. The van der Waals surface area contributed by atoms with Crippen molar-refractivity contribution in [3.63, 3.8) is 0 Å². The van der Waals surface area contributed by atoms with E-state index in [1.54, 1.807) is 17.4 Å². The maximum Gasteiger partial charge on any atom is 0.276 e. The van der Waals surface area contributed by atoms with Gasteiger partial charge in [-0.1, -0.05) is 30.3 Å². The molecular weight excluding hydrogens is 344 g/mol. The van der Waals surface area contributed by atoms with Gasteiger partial charge in [-0.25, -0.2) is 9.97 Å². The second-order valence-corrected chi connectivity index (χ2v) is 6.88. The van der Waals surface area contributed by atoms with Crippen molar-refractivity contribution in [1.29, 1.82) is 0 Å². The number of nitrogens with one attached hydrogen (secondary N) is 1. The Kier molecular flexibility index (Phi) is 5.02. The van der Waals surface area contributed by atoms with Gasteiger partial charge in [0.15, 0.2) is 12.1 Å². The van der Waals surface area contributed by atoms with Gasteiger partial charge in [-0.3, -0.25) is 4.79 Å². The molecule has 1 aromatic carbocycles. The van der Waals surface area contributed by atoms with Crippen LogP contribution in [-0.4, -0.2) is 43.5 Å². The second kappa shape index (κ2) is 7.75. The van der Waals surface area contributed by atoms with Gasteiger partial charge in [0, 0.05) is 30.8 Å². The van der Waals surface area contributed by atoms with E-state index in [1.165, 1.54) is 6.39 Å². The van der Waals surface area contributed by atoms with Crippen molar-refractivity contribution < 1.29 is 14.3 Å². The van der Waals surface area contributed by atoms with E-state index >= 15 is 0 Å². The fourth-order valence-electron chi connectivity index (χ4n) is 3.26. The molecular formula is C20H22N4O3. The number of H-pyrrole nitrogens is 1. The number of nitrogens with zero attached hydrogens (tertiary/aromatic N) is 3. The Hall–Kier alpha value is -2.93. The lowest BCUT2D eigenvalue weighted by atomic mass is 10.1. The standard InChI is InChI=1S/C20H22N4O3/c25-11-17(8-16-9-21-12-22-16)24(10-14-4-2-1-3-5-14)20(26)18-19(15-6-7-15)27-13-23-18/h1-5,9,12-13,15,17,25H,6-8,10-11H2,(H,21,22). The molecule has 0 spiro atoms. The Morgan fingerprint density at radius 1 is 1.33 bits per heavy atom. The first-order valence-corrected chi connectivity index (χ1v) is 9.12. The summed E-state index contributed by atoms with van der Waals surface area (Å²) >= 11 is 0. The van der Waals surface area contributed by atoms with E-state index in [4.69, 9.17) is 4.42 Å². The number of amides is 1. The molecule has 27 heavy (non-hydrogen) atoms. The van der Waals surface area contributed by atoms with Crippen molar-refractivity contribution in [2.75, 3.05) is 6.61 Å². The van der Waals surface area contributed by atoms with Gasteiger partial charge in [0.25, 0.3) is 5.91 Å². The van der Waals surface area contributed by atoms with Gasteiger partial charge >= 0.3 is 0 Å². The maximum atomic E-state index is 13.4. The molecule has 2 heterocycles. The topological polar surface area (TPSA) is 95.2 Å². The smallest absolute Gasteiger partial charge is 0.276 e. The van der Waals surface area contributed by atoms with Gasteiger partial charge in [-0.2, -0.15) is 0 Å². The fourth-order valence-corrected chi connectivity index (χ4v) is 3.26. The molecule has 2 aromatic heterocycles. The number of oxazole rings is 1. The Morgan fingerprint density at radius 3 is 2.81 bits per heavy atom. The Balaban J connectivity index is 1.63. The lowest BCUT2D eigenvalue weighted by Gasteiger charge is -2.30. The first-order valence-electron chi connectivity index (χ1n) is 9.12. The van der Waals surface area contributed by atoms with E-state index in [0.29, 0.717) is 24.4 Å². The molecule has 1 aliphatic carbocycles. The highest BCUT2D eigenvalue weighted by molar-refractivity contribution is 5.93. The summed E-state index contributed by atoms with van der Waals surface area (Å²) in [6, 6.07) is 9.35. The summed E-state index contributed by atoms with van der Waals surface area (Å²) in [7, 11) is 0. The van der Waals surface area contributed by atoms with Crippen molar-refractivity contribution in [2.24, 2.45) is 0 Å². The Bertz CT molecular complexity index is 872. The molecule has 0 radical (unpaired) electrons. The van der Waals surface area contributed by atoms with Gasteiger partial charge < -0.3 is 19.4 Å². The number of imidazole rings is 1. The van der Waals surface area contributed by atoms with Gasteiger partial charge in [0.05, 0.1) is 19.0 Å². The van der Waals surface area contributed by atoms with Crippen LogP contribution in [0.2, 0.25) is 0 Å². The molecule has 1 fully saturated rings. The van der Waals surface area contributed by atoms with E-state index in [0.717, 1.165) is 24.1 Å². The number of rotatable bonds is 8. The van der Waals surface area contributed by atoms with Crippen LogP contribution in [0.25, 0.3) is 0 Å². The quantitative estimate of drug-likeness (QED) is 0.639. The predicted octanol–water partition coefficient (Wildman–Crippen LogP) is 2.52. The maximum absolute atomic E-state index is 13.4. The predicted molar refractivity (Wildman–Crippen MR) is 98.0 cm³/mol. The first kappa shape index (κ1) is 17.5. The van der Waals surface area contributed by atoms with Crippen LogP contribution in [0.5, 0.6) is 0 Å². The van der Waals surface area contributed by atoms with E-state index < -0.39 is 6.04 Å². The third kappa shape index (κ3) is 3.93. The van der Waals surface area contributed by atoms with Crippen LogP contribution >= 0.6 is 0 Å². The number of carbonyl (C=O) groups is 1. The largest absolute Gasteiger partial charge is 0.447 e. The first-order chi connectivity index (χ1) is 13.3. The number of aromatic amines is 1. The number of aliphatic hydroxyl groups excluding tert-OH is 1. The minimum absolute atomic E-state index is 0.159. The Labute approximate surface area is 157 Å². The molecule has 1 aliphatic rings. The number of carbonyl (C=O) groups excluding carboxylic acids is 1. The number of aliphatic hydroxyl groups is 1. The molecule has 2 N–H and O–H groups in total. The molecule has 0 aliphatic heterocycles. The third-order valence-electron chi connectivity index (χ3n) is 4.86. The van der Waals surface area contributed by atoms with Gasteiger partial charge in [0.1, 0.15) is 5.76 Å². The van der Waals surface area contributed by atoms with Crippen molar-refractivity contribution in [3.05, 3.63) is 72.0 Å². The summed E-state index contributed by atoms with van der Waals surface area (Å²) in [5.41, 5.74) is 2.21. The average molecular weight is 366 g/mol. The van der Waals surface area contributed by atoms with Crippen molar-refractivity contribution in [3.8, 4) is 0 Å². The number of hydrogen-bond donors (Lipinski definition) is 2. The van der Waals surface area contributed by atoms with Crippen molar-refractivity contribution >= 4 is 5.91 Å². The van der Waals surface area contributed by atoms with Crippen LogP contribution in [0.15, 0.2) is 53.7 Å². The van der Waals surface area contributed by atoms with Crippen molar-refractivity contribution in [2.45, 2.75) is 37.8 Å². The number of aromatic nitrogens is 3. The summed E-state index contributed by atoms with van der Waals surface area (Å²) in [4.78, 5) is 26.3. The summed E-state index contributed by atoms with van der Waals surface area (Å²) in [5.74, 6) is 0.731. The minimum atomic E-state index is -0.401. The van der Waals surface area contributed by atoms with E-state index in [-0.39, 0.29) is 18.4 Å². The average Bonchev–Trinajstić information content (AvgIpc) is 3.20. The molecule has 0 bridgehead atoms. The lowest BCUT2D eigenvalue weighted by Crippen LogP contribution is -2.43. The highest BCUT2D eigenvalue weighted by atomic mass is 16.3. The zero-order chi connectivity index (χ0) is 18.6. The van der Waals surface area contributed by atoms with Crippen LogP contribution < -0.4 is 0 Å². The monoisotopic (exact) mass is 366 g/mol. The molecule has 3 aromatic rings. The summed E-state index contributed by atoms with van der Waals surface area (Å²) in [6.45, 7) is 0.226. The molecule has 7 heteroatoms.